The number of anilines is 2. The van der Waals surface area contributed by atoms with E-state index in [-0.39, 0.29) is 17.1 Å². The van der Waals surface area contributed by atoms with Gasteiger partial charge in [0.1, 0.15) is 0 Å². The van der Waals surface area contributed by atoms with Crippen LogP contribution in [0.5, 0.6) is 0 Å². The molecular weight excluding hydrogens is 280 g/mol. The molecule has 1 unspecified atom stereocenters. The lowest BCUT2D eigenvalue weighted by Crippen LogP contribution is -2.35. The number of carbonyl (C=O) groups is 1. The molecular formula is C13H18N2O4S. The molecule has 2 rings (SSSR count). The van der Waals surface area contributed by atoms with Gasteiger partial charge in [-0.1, -0.05) is 0 Å². The molecule has 0 spiro atoms. The quantitative estimate of drug-likeness (QED) is 0.639. The van der Waals surface area contributed by atoms with Gasteiger partial charge in [-0.2, -0.15) is 0 Å². The summed E-state index contributed by atoms with van der Waals surface area (Å²) in [4.78, 5) is 11.6. The highest BCUT2D eigenvalue weighted by Gasteiger charge is 2.38. The number of nitrogen functional groups attached to an aromatic ring is 1. The molecule has 7 heteroatoms. The summed E-state index contributed by atoms with van der Waals surface area (Å²) in [7, 11) is -1.71. The molecule has 0 amide bonds. The number of benzene rings is 1. The van der Waals surface area contributed by atoms with E-state index in [0.717, 1.165) is 0 Å². The number of hydrogen-bond acceptors (Lipinski definition) is 6. The van der Waals surface area contributed by atoms with Crippen molar-refractivity contribution < 1.29 is 17.9 Å². The zero-order chi connectivity index (χ0) is 15.0. The third kappa shape index (κ3) is 3.04. The highest BCUT2D eigenvalue weighted by atomic mass is 32.2. The summed E-state index contributed by atoms with van der Waals surface area (Å²) < 4.78 is 27.8. The van der Waals surface area contributed by atoms with E-state index < -0.39 is 21.3 Å². The Morgan fingerprint density at radius 3 is 2.70 bits per heavy atom. The van der Waals surface area contributed by atoms with E-state index in [1.807, 2.05) is 6.92 Å². The Labute approximate surface area is 118 Å². The largest absolute Gasteiger partial charge is 0.465 e. The van der Waals surface area contributed by atoms with E-state index in [1.54, 1.807) is 18.2 Å². The second-order valence-corrected chi connectivity index (χ2v) is 7.51. The van der Waals surface area contributed by atoms with Crippen LogP contribution >= 0.6 is 0 Å². The fraction of sp³-hybridized carbons (Fsp3) is 0.462. The van der Waals surface area contributed by atoms with Gasteiger partial charge in [-0.15, -0.1) is 0 Å². The van der Waals surface area contributed by atoms with Gasteiger partial charge in [0, 0.05) is 16.9 Å². The Morgan fingerprint density at radius 2 is 2.15 bits per heavy atom. The van der Waals surface area contributed by atoms with Gasteiger partial charge in [-0.05, 0) is 31.5 Å². The van der Waals surface area contributed by atoms with Gasteiger partial charge in [0.15, 0.2) is 9.84 Å². The van der Waals surface area contributed by atoms with Crippen LogP contribution in [-0.4, -0.2) is 38.5 Å². The first-order valence-corrected chi connectivity index (χ1v) is 8.03. The predicted molar refractivity (Wildman–Crippen MR) is 77.5 cm³/mol. The Kier molecular flexibility index (Phi) is 3.64. The van der Waals surface area contributed by atoms with E-state index in [1.165, 1.54) is 7.11 Å². The van der Waals surface area contributed by atoms with Gasteiger partial charge in [0.05, 0.1) is 24.2 Å². The van der Waals surface area contributed by atoms with Gasteiger partial charge < -0.3 is 15.8 Å². The lowest BCUT2D eigenvalue weighted by molar-refractivity contribution is 0.0602. The van der Waals surface area contributed by atoms with E-state index in [2.05, 4.69) is 10.1 Å². The van der Waals surface area contributed by atoms with Crippen molar-refractivity contribution in [3.63, 3.8) is 0 Å². The SMILES string of the molecule is COC(=O)c1cc(NC2(C)CCS(=O)(=O)C2)ccc1N. The van der Waals surface area contributed by atoms with Crippen LogP contribution in [0.15, 0.2) is 18.2 Å². The van der Waals surface area contributed by atoms with Crippen LogP contribution in [0.1, 0.15) is 23.7 Å². The Morgan fingerprint density at radius 1 is 1.45 bits per heavy atom. The van der Waals surface area contributed by atoms with Crippen LogP contribution in [0.2, 0.25) is 0 Å². The molecule has 0 aliphatic carbocycles. The van der Waals surface area contributed by atoms with E-state index in [0.29, 0.717) is 17.8 Å². The summed E-state index contributed by atoms with van der Waals surface area (Å²) >= 11 is 0. The average molecular weight is 298 g/mol. The van der Waals surface area contributed by atoms with Crippen LogP contribution in [-0.2, 0) is 14.6 Å². The monoisotopic (exact) mass is 298 g/mol. The second kappa shape index (κ2) is 4.97. The first-order chi connectivity index (χ1) is 9.25. The topological polar surface area (TPSA) is 98.5 Å². The maximum atomic E-state index is 11.6. The molecule has 3 N–H and O–H groups in total. The number of carbonyl (C=O) groups excluding carboxylic acids is 1. The van der Waals surface area contributed by atoms with Gasteiger partial charge in [0.25, 0.3) is 0 Å². The summed E-state index contributed by atoms with van der Waals surface area (Å²) in [5, 5.41) is 3.18. The van der Waals surface area contributed by atoms with Crippen molar-refractivity contribution in [2.45, 2.75) is 18.9 Å². The number of ether oxygens (including phenoxy) is 1. The highest BCUT2D eigenvalue weighted by Crippen LogP contribution is 2.29. The molecule has 0 aromatic heterocycles. The van der Waals surface area contributed by atoms with Crippen LogP contribution in [0.25, 0.3) is 0 Å². The third-order valence-corrected chi connectivity index (χ3v) is 5.31. The van der Waals surface area contributed by atoms with Crippen molar-refractivity contribution in [1.82, 2.24) is 0 Å². The normalized spacial score (nSPS) is 24.3. The van der Waals surface area contributed by atoms with E-state index in [9.17, 15) is 13.2 Å². The molecule has 0 saturated carbocycles. The second-order valence-electron chi connectivity index (χ2n) is 5.32. The zero-order valence-electron chi connectivity index (χ0n) is 11.5. The van der Waals surface area contributed by atoms with Crippen molar-refractivity contribution in [3.05, 3.63) is 23.8 Å². The molecule has 1 atom stereocenters. The van der Waals surface area contributed by atoms with E-state index in [4.69, 9.17) is 5.73 Å². The average Bonchev–Trinajstić information content (AvgIpc) is 2.65. The molecule has 1 aromatic rings. The Hall–Kier alpha value is -1.76. The van der Waals surface area contributed by atoms with E-state index >= 15 is 0 Å². The smallest absolute Gasteiger partial charge is 0.340 e. The summed E-state index contributed by atoms with van der Waals surface area (Å²) in [5.74, 6) is -0.261. The number of rotatable bonds is 3. The number of esters is 1. The number of nitrogens with one attached hydrogen (secondary N) is 1. The van der Waals surface area contributed by atoms with Crippen molar-refractivity contribution in [2.24, 2.45) is 0 Å². The summed E-state index contributed by atoms with van der Waals surface area (Å²) in [6, 6.07) is 4.90. The van der Waals surface area contributed by atoms with Crippen LogP contribution < -0.4 is 11.1 Å². The summed E-state index contributed by atoms with van der Waals surface area (Å²) in [5.41, 5.74) is 6.44. The van der Waals surface area contributed by atoms with Gasteiger partial charge in [-0.3, -0.25) is 0 Å². The maximum absolute atomic E-state index is 11.6. The minimum atomic E-state index is -2.99. The highest BCUT2D eigenvalue weighted by molar-refractivity contribution is 7.91. The van der Waals surface area contributed by atoms with Crippen LogP contribution in [0.4, 0.5) is 11.4 Å². The van der Waals surface area contributed by atoms with Crippen molar-refractivity contribution in [3.8, 4) is 0 Å². The number of hydrogen-bond donors (Lipinski definition) is 2. The fourth-order valence-corrected chi connectivity index (χ4v) is 4.47. The number of nitrogens with two attached hydrogens (primary N) is 1. The molecule has 110 valence electrons. The molecule has 1 saturated heterocycles. The molecule has 1 heterocycles. The molecule has 20 heavy (non-hydrogen) atoms. The first-order valence-electron chi connectivity index (χ1n) is 6.21. The molecule has 0 radical (unpaired) electrons. The predicted octanol–water partition coefficient (Wildman–Crippen LogP) is 1.04. The third-order valence-electron chi connectivity index (χ3n) is 3.41. The standard InChI is InChI=1S/C13H18N2O4S/c1-13(5-6-20(17,18)8-13)15-9-3-4-11(14)10(7-9)12(16)19-2/h3-4,7,15H,5-6,8,14H2,1-2H3. The molecule has 1 aliphatic heterocycles. The first kappa shape index (κ1) is 14.6. The Bertz CT molecular complexity index is 642. The Balaban J connectivity index is 2.25. The van der Waals surface area contributed by atoms with Crippen molar-refractivity contribution in [1.29, 1.82) is 0 Å². The molecule has 0 bridgehead atoms. The lowest BCUT2D eigenvalue weighted by Gasteiger charge is -2.25. The van der Waals surface area contributed by atoms with Gasteiger partial charge in [-0.25, -0.2) is 13.2 Å². The molecule has 1 aromatic carbocycles. The number of sulfone groups is 1. The number of methoxy groups -OCH3 is 1. The fourth-order valence-electron chi connectivity index (χ4n) is 2.38. The van der Waals surface area contributed by atoms with Gasteiger partial charge >= 0.3 is 5.97 Å². The summed E-state index contributed by atoms with van der Waals surface area (Å²) in [6.07, 6.45) is 0.535. The van der Waals surface area contributed by atoms with Crippen molar-refractivity contribution in [2.75, 3.05) is 29.7 Å². The zero-order valence-corrected chi connectivity index (χ0v) is 12.3. The van der Waals surface area contributed by atoms with Gasteiger partial charge in [0.2, 0.25) is 0 Å². The van der Waals surface area contributed by atoms with Crippen LogP contribution in [0.3, 0.4) is 0 Å². The van der Waals surface area contributed by atoms with Crippen LogP contribution in [0, 0.1) is 0 Å². The maximum Gasteiger partial charge on any atom is 0.340 e. The lowest BCUT2D eigenvalue weighted by atomic mass is 10.0. The summed E-state index contributed by atoms with van der Waals surface area (Å²) in [6.45, 7) is 1.85. The minimum absolute atomic E-state index is 0.0813. The molecule has 6 nitrogen and oxygen atoms in total. The molecule has 1 fully saturated rings. The molecule has 1 aliphatic rings. The minimum Gasteiger partial charge on any atom is -0.465 e. The van der Waals surface area contributed by atoms with Crippen molar-refractivity contribution >= 4 is 27.2 Å².